The molecular formula is C20H24N2O6. The molecule has 0 atom stereocenters. The summed E-state index contributed by atoms with van der Waals surface area (Å²) in [5, 5.41) is 3.34. The van der Waals surface area contributed by atoms with Crippen molar-refractivity contribution in [2.24, 2.45) is 5.92 Å². The van der Waals surface area contributed by atoms with E-state index in [9.17, 15) is 19.2 Å². The zero-order valence-electron chi connectivity index (χ0n) is 16.2. The molecule has 8 heteroatoms. The van der Waals surface area contributed by atoms with Gasteiger partial charge in [0, 0.05) is 6.04 Å². The summed E-state index contributed by atoms with van der Waals surface area (Å²) in [6, 6.07) is 6.26. The molecule has 1 N–H and O–H groups in total. The molecule has 3 amide bonds. The van der Waals surface area contributed by atoms with Gasteiger partial charge in [-0.15, -0.1) is 0 Å². The number of carbonyl (C=O) groups is 4. The Kier molecular flexibility index (Phi) is 5.40. The van der Waals surface area contributed by atoms with Gasteiger partial charge in [0.15, 0.2) is 0 Å². The van der Waals surface area contributed by atoms with Crippen LogP contribution in [0.2, 0.25) is 0 Å². The van der Waals surface area contributed by atoms with Crippen LogP contribution in [-0.4, -0.2) is 40.6 Å². The van der Waals surface area contributed by atoms with Gasteiger partial charge in [0.25, 0.3) is 11.8 Å². The quantitative estimate of drug-likeness (QED) is 0.799. The molecule has 0 unspecified atom stereocenters. The van der Waals surface area contributed by atoms with E-state index in [0.29, 0.717) is 30.7 Å². The van der Waals surface area contributed by atoms with Crippen LogP contribution in [0.3, 0.4) is 0 Å². The van der Waals surface area contributed by atoms with Crippen LogP contribution in [0.4, 0.5) is 4.79 Å². The molecule has 0 radical (unpaired) electrons. The summed E-state index contributed by atoms with van der Waals surface area (Å²) in [5.41, 5.74) is -0.117. The van der Waals surface area contributed by atoms with E-state index in [0.717, 1.165) is 0 Å². The molecule has 150 valence electrons. The molecular weight excluding hydrogens is 364 g/mol. The number of hydroxylamine groups is 2. The van der Waals surface area contributed by atoms with Crippen molar-refractivity contribution in [3.8, 4) is 0 Å². The summed E-state index contributed by atoms with van der Waals surface area (Å²) < 4.78 is 5.23. The van der Waals surface area contributed by atoms with Gasteiger partial charge in [-0.3, -0.25) is 9.59 Å². The van der Waals surface area contributed by atoms with Gasteiger partial charge in [0.05, 0.1) is 17.0 Å². The first kappa shape index (κ1) is 19.9. The summed E-state index contributed by atoms with van der Waals surface area (Å²) in [5.74, 6) is -2.30. The fraction of sp³-hybridized carbons (Fsp3) is 0.500. The van der Waals surface area contributed by atoms with E-state index in [4.69, 9.17) is 9.57 Å². The molecule has 1 aliphatic carbocycles. The van der Waals surface area contributed by atoms with Crippen molar-refractivity contribution in [2.75, 3.05) is 0 Å². The normalized spacial score (nSPS) is 21.9. The van der Waals surface area contributed by atoms with Crippen molar-refractivity contribution in [1.82, 2.24) is 10.4 Å². The summed E-state index contributed by atoms with van der Waals surface area (Å²) in [6.45, 7) is 5.37. The van der Waals surface area contributed by atoms with Gasteiger partial charge in [-0.1, -0.05) is 17.2 Å². The minimum atomic E-state index is -0.630. The highest BCUT2D eigenvalue weighted by atomic mass is 16.7. The molecule has 1 aromatic carbocycles. The number of hydrogen-bond donors (Lipinski definition) is 1. The molecule has 1 heterocycles. The summed E-state index contributed by atoms with van der Waals surface area (Å²) in [7, 11) is 0. The number of hydrogen-bond acceptors (Lipinski definition) is 6. The first-order valence-corrected chi connectivity index (χ1v) is 9.35. The SMILES string of the molecule is CC(C)(C)OC(=O)N[C@H]1CC[C@H](C(=O)ON2C(=O)c3ccccc3C2=O)CC1. The van der Waals surface area contributed by atoms with E-state index >= 15 is 0 Å². The molecule has 2 aliphatic rings. The first-order chi connectivity index (χ1) is 13.2. The molecule has 0 saturated heterocycles. The number of rotatable bonds is 3. The molecule has 28 heavy (non-hydrogen) atoms. The molecule has 3 rings (SSSR count). The maximum atomic E-state index is 12.4. The molecule has 1 aromatic rings. The Labute approximate surface area is 163 Å². The zero-order chi connectivity index (χ0) is 20.5. The van der Waals surface area contributed by atoms with E-state index in [1.165, 1.54) is 12.1 Å². The predicted molar refractivity (Wildman–Crippen MR) is 98.1 cm³/mol. The van der Waals surface area contributed by atoms with E-state index in [1.54, 1.807) is 32.9 Å². The minimum Gasteiger partial charge on any atom is -0.444 e. The van der Waals surface area contributed by atoms with E-state index in [-0.39, 0.29) is 17.2 Å². The van der Waals surface area contributed by atoms with Gasteiger partial charge in [0.2, 0.25) is 0 Å². The highest BCUT2D eigenvalue weighted by molar-refractivity contribution is 6.20. The smallest absolute Gasteiger partial charge is 0.407 e. The number of nitrogens with one attached hydrogen (secondary N) is 1. The molecule has 1 aliphatic heterocycles. The largest absolute Gasteiger partial charge is 0.444 e. The third kappa shape index (κ3) is 4.32. The fourth-order valence-electron chi connectivity index (χ4n) is 3.36. The third-order valence-electron chi connectivity index (χ3n) is 4.72. The van der Waals surface area contributed by atoms with E-state index in [2.05, 4.69) is 5.32 Å². The minimum absolute atomic E-state index is 0.0850. The number of amides is 3. The zero-order valence-corrected chi connectivity index (χ0v) is 16.2. The number of alkyl carbamates (subject to hydrolysis) is 1. The van der Waals surface area contributed by atoms with Crippen LogP contribution < -0.4 is 5.32 Å². The van der Waals surface area contributed by atoms with Gasteiger partial charge >= 0.3 is 12.1 Å². The fourth-order valence-corrected chi connectivity index (χ4v) is 3.36. The van der Waals surface area contributed by atoms with Crippen molar-refractivity contribution in [3.63, 3.8) is 0 Å². The van der Waals surface area contributed by atoms with Crippen LogP contribution in [-0.2, 0) is 14.4 Å². The monoisotopic (exact) mass is 388 g/mol. The second-order valence-corrected chi connectivity index (χ2v) is 8.06. The molecule has 0 spiro atoms. The second-order valence-electron chi connectivity index (χ2n) is 8.06. The first-order valence-electron chi connectivity index (χ1n) is 9.35. The Hall–Kier alpha value is -2.90. The number of nitrogens with zero attached hydrogens (tertiary/aromatic N) is 1. The van der Waals surface area contributed by atoms with Crippen molar-refractivity contribution < 1.29 is 28.8 Å². The molecule has 0 bridgehead atoms. The molecule has 8 nitrogen and oxygen atoms in total. The second kappa shape index (κ2) is 7.61. The van der Waals surface area contributed by atoms with Crippen LogP contribution >= 0.6 is 0 Å². The lowest BCUT2D eigenvalue weighted by atomic mass is 9.86. The van der Waals surface area contributed by atoms with Gasteiger partial charge in [-0.25, -0.2) is 9.59 Å². The van der Waals surface area contributed by atoms with Crippen LogP contribution in [0.5, 0.6) is 0 Å². The van der Waals surface area contributed by atoms with Crippen molar-refractivity contribution in [2.45, 2.75) is 58.1 Å². The Morgan fingerprint density at radius 2 is 1.54 bits per heavy atom. The van der Waals surface area contributed by atoms with Crippen molar-refractivity contribution in [1.29, 1.82) is 0 Å². The third-order valence-corrected chi connectivity index (χ3v) is 4.72. The average molecular weight is 388 g/mol. The van der Waals surface area contributed by atoms with Crippen molar-refractivity contribution in [3.05, 3.63) is 35.4 Å². The summed E-state index contributed by atoms with van der Waals surface area (Å²) in [6.07, 6.45) is 1.66. The number of fused-ring (bicyclic) bond motifs is 1. The Balaban J connectivity index is 1.51. The van der Waals surface area contributed by atoms with Gasteiger partial charge in [-0.05, 0) is 58.6 Å². The molecule has 1 fully saturated rings. The van der Waals surface area contributed by atoms with Gasteiger partial charge < -0.3 is 14.9 Å². The van der Waals surface area contributed by atoms with Crippen LogP contribution in [0, 0.1) is 5.92 Å². The van der Waals surface area contributed by atoms with Gasteiger partial charge in [0.1, 0.15) is 5.60 Å². The lowest BCUT2D eigenvalue weighted by molar-refractivity contribution is -0.174. The molecule has 0 aromatic heterocycles. The van der Waals surface area contributed by atoms with Crippen LogP contribution in [0.25, 0.3) is 0 Å². The number of ether oxygens (including phenoxy) is 1. The summed E-state index contributed by atoms with van der Waals surface area (Å²) in [4.78, 5) is 54.0. The standard InChI is InChI=1S/C20H24N2O6/c1-20(2,3)27-19(26)21-13-10-8-12(9-11-13)18(25)28-22-16(23)14-6-4-5-7-15(14)17(22)24/h4-7,12-13H,8-11H2,1-3H3,(H,21,26)/t12-,13-. The highest BCUT2D eigenvalue weighted by Crippen LogP contribution is 2.28. The lowest BCUT2D eigenvalue weighted by Gasteiger charge is -2.29. The Morgan fingerprint density at radius 1 is 1.00 bits per heavy atom. The maximum absolute atomic E-state index is 12.4. The highest BCUT2D eigenvalue weighted by Gasteiger charge is 2.40. The van der Waals surface area contributed by atoms with Gasteiger partial charge in [-0.2, -0.15) is 0 Å². The summed E-state index contributed by atoms with van der Waals surface area (Å²) >= 11 is 0. The topological polar surface area (TPSA) is 102 Å². The number of carbonyl (C=O) groups excluding carboxylic acids is 4. The Bertz CT molecular complexity index is 770. The van der Waals surface area contributed by atoms with Crippen molar-refractivity contribution >= 4 is 23.9 Å². The average Bonchev–Trinajstić information content (AvgIpc) is 2.86. The number of benzene rings is 1. The molecule has 1 saturated carbocycles. The van der Waals surface area contributed by atoms with Crippen LogP contribution in [0.15, 0.2) is 24.3 Å². The van der Waals surface area contributed by atoms with E-state index in [1.807, 2.05) is 0 Å². The number of imide groups is 1. The van der Waals surface area contributed by atoms with E-state index < -0.39 is 35.4 Å². The predicted octanol–water partition coefficient (Wildman–Crippen LogP) is 2.82. The lowest BCUT2D eigenvalue weighted by Crippen LogP contribution is -2.42. The van der Waals surface area contributed by atoms with Crippen LogP contribution in [0.1, 0.15) is 67.2 Å². The Morgan fingerprint density at radius 3 is 2.04 bits per heavy atom. The maximum Gasteiger partial charge on any atom is 0.407 e.